The summed E-state index contributed by atoms with van der Waals surface area (Å²) >= 11 is 0. The third-order valence-electron chi connectivity index (χ3n) is 7.22. The molecule has 1 spiro atoms. The van der Waals surface area contributed by atoms with Crippen LogP contribution in [-0.2, 0) is 9.53 Å². The zero-order valence-electron chi connectivity index (χ0n) is 16.7. The molecule has 5 nitrogen and oxygen atoms in total. The van der Waals surface area contributed by atoms with Gasteiger partial charge >= 0.3 is 0 Å². The first kappa shape index (κ1) is 17.5. The van der Waals surface area contributed by atoms with Crippen LogP contribution >= 0.6 is 0 Å². The topological polar surface area (TPSA) is 45.7 Å². The number of nitrogens with zero attached hydrogens (tertiary/aromatic N) is 3. The second-order valence-electron chi connectivity index (χ2n) is 8.99. The maximum atomic E-state index is 13.5. The molecule has 0 unspecified atom stereocenters. The van der Waals surface area contributed by atoms with Gasteiger partial charge in [-0.3, -0.25) is 4.79 Å². The summed E-state index contributed by atoms with van der Waals surface area (Å²) in [5.41, 5.74) is 2.00. The number of pyridine rings is 1. The Morgan fingerprint density at radius 2 is 1.76 bits per heavy atom. The Hall–Kier alpha value is -2.40. The minimum absolute atomic E-state index is 0.0597. The van der Waals surface area contributed by atoms with E-state index in [9.17, 15) is 4.79 Å². The molecule has 1 aromatic heterocycles. The highest BCUT2D eigenvalue weighted by Crippen LogP contribution is 2.48. The van der Waals surface area contributed by atoms with Gasteiger partial charge in [-0.05, 0) is 54.9 Å². The number of piperidine rings is 1. The van der Waals surface area contributed by atoms with Gasteiger partial charge in [0.15, 0.2) is 5.60 Å². The van der Waals surface area contributed by atoms with Crippen molar-refractivity contribution in [3.8, 4) is 0 Å². The van der Waals surface area contributed by atoms with E-state index in [1.807, 2.05) is 17.2 Å². The molecule has 0 bridgehead atoms. The number of hydrogen-bond donors (Lipinski definition) is 0. The smallest absolute Gasteiger partial charge is 0.257 e. The van der Waals surface area contributed by atoms with Crippen molar-refractivity contribution in [2.45, 2.75) is 62.3 Å². The first-order valence-electron chi connectivity index (χ1n) is 11.0. The second kappa shape index (κ2) is 6.56. The van der Waals surface area contributed by atoms with E-state index in [1.54, 1.807) is 0 Å². The zero-order chi connectivity index (χ0) is 19.4. The van der Waals surface area contributed by atoms with Crippen LogP contribution in [0.3, 0.4) is 0 Å². The van der Waals surface area contributed by atoms with E-state index in [4.69, 9.17) is 4.74 Å². The normalized spacial score (nSPS) is 28.2. The Kier molecular flexibility index (Phi) is 3.95. The van der Waals surface area contributed by atoms with Gasteiger partial charge in [0, 0.05) is 32.1 Å². The fraction of sp³-hybridized carbons (Fsp3) is 0.500. The molecule has 4 fully saturated rings. The Labute approximate surface area is 171 Å². The van der Waals surface area contributed by atoms with Crippen LogP contribution in [0.1, 0.15) is 61.6 Å². The summed E-state index contributed by atoms with van der Waals surface area (Å²) in [5.74, 6) is 1.99. The van der Waals surface area contributed by atoms with Gasteiger partial charge in [-0.25, -0.2) is 4.98 Å². The third kappa shape index (κ3) is 2.86. The van der Waals surface area contributed by atoms with Crippen molar-refractivity contribution >= 4 is 11.7 Å². The second-order valence-corrected chi connectivity index (χ2v) is 8.99. The molecule has 150 valence electrons. The van der Waals surface area contributed by atoms with E-state index in [-0.39, 0.29) is 18.2 Å². The molecule has 1 aliphatic carbocycles. The maximum absolute atomic E-state index is 13.5. The van der Waals surface area contributed by atoms with Crippen molar-refractivity contribution in [1.29, 1.82) is 0 Å². The van der Waals surface area contributed by atoms with E-state index >= 15 is 0 Å². The summed E-state index contributed by atoms with van der Waals surface area (Å²) in [6, 6.07) is 15.0. The number of hydrogen-bond acceptors (Lipinski definition) is 4. The maximum Gasteiger partial charge on any atom is 0.257 e. The average Bonchev–Trinajstić information content (AvgIpc) is 3.50. The fourth-order valence-corrected chi connectivity index (χ4v) is 5.42. The van der Waals surface area contributed by atoms with E-state index in [0.29, 0.717) is 0 Å². The van der Waals surface area contributed by atoms with E-state index in [0.717, 1.165) is 50.5 Å². The van der Waals surface area contributed by atoms with Crippen LogP contribution in [-0.4, -0.2) is 40.7 Å². The monoisotopic (exact) mass is 389 g/mol. The van der Waals surface area contributed by atoms with Crippen molar-refractivity contribution in [3.63, 3.8) is 0 Å². The lowest BCUT2D eigenvalue weighted by Crippen LogP contribution is -2.50. The quantitative estimate of drug-likeness (QED) is 0.795. The molecule has 1 saturated carbocycles. The number of carbonyl (C=O) groups excluding carboxylic acids is 1. The van der Waals surface area contributed by atoms with Gasteiger partial charge in [-0.2, -0.15) is 0 Å². The molecule has 5 heteroatoms. The van der Waals surface area contributed by atoms with Crippen LogP contribution in [0.5, 0.6) is 0 Å². The standard InChI is InChI=1S/C24H27N3O2/c28-23-24(29-22-9-8-20(27(22)23)18-4-2-1-3-5-18)11-14-26(15-12-24)21-16-19(10-13-25-21)17-6-7-17/h1-5,10,13,16-17,20,22H,6-9,11-12,14-15H2/t20-,22+/m0/s1. The highest BCUT2D eigenvalue weighted by atomic mass is 16.6. The molecule has 4 aliphatic rings. The summed E-state index contributed by atoms with van der Waals surface area (Å²) in [4.78, 5) is 22.5. The lowest BCUT2D eigenvalue weighted by molar-refractivity contribution is -0.140. The van der Waals surface area contributed by atoms with Gasteiger partial charge in [0.2, 0.25) is 0 Å². The third-order valence-corrected chi connectivity index (χ3v) is 7.22. The molecule has 1 aromatic carbocycles. The van der Waals surface area contributed by atoms with Crippen LogP contribution in [0.25, 0.3) is 0 Å². The molecule has 2 aromatic rings. The molecule has 3 aliphatic heterocycles. The number of amides is 1. The van der Waals surface area contributed by atoms with Crippen LogP contribution in [0.4, 0.5) is 5.82 Å². The number of fused-ring (bicyclic) bond motifs is 1. The highest BCUT2D eigenvalue weighted by Gasteiger charge is 2.57. The van der Waals surface area contributed by atoms with Crippen LogP contribution < -0.4 is 4.90 Å². The number of anilines is 1. The Balaban J connectivity index is 1.19. The fourth-order valence-electron chi connectivity index (χ4n) is 5.42. The lowest BCUT2D eigenvalue weighted by Gasteiger charge is -2.38. The van der Waals surface area contributed by atoms with Gasteiger partial charge in [0.05, 0.1) is 6.04 Å². The van der Waals surface area contributed by atoms with Crippen molar-refractivity contribution in [3.05, 3.63) is 59.8 Å². The molecular weight excluding hydrogens is 362 g/mol. The Bertz CT molecular complexity index is 919. The van der Waals surface area contributed by atoms with Gasteiger partial charge in [0.25, 0.3) is 5.91 Å². The van der Waals surface area contributed by atoms with Crippen molar-refractivity contribution in [1.82, 2.24) is 9.88 Å². The SMILES string of the molecule is O=C1N2[C@@H](CC[C@H]2c2ccccc2)OC12CCN(c1cc(C3CC3)ccn1)CC2. The van der Waals surface area contributed by atoms with Crippen molar-refractivity contribution < 1.29 is 9.53 Å². The molecule has 3 saturated heterocycles. The van der Waals surface area contributed by atoms with Crippen molar-refractivity contribution in [2.24, 2.45) is 0 Å². The van der Waals surface area contributed by atoms with Crippen LogP contribution in [0.2, 0.25) is 0 Å². The summed E-state index contributed by atoms with van der Waals surface area (Å²) in [5, 5.41) is 0. The predicted octanol–water partition coefficient (Wildman–Crippen LogP) is 4.02. The largest absolute Gasteiger partial charge is 0.356 e. The molecule has 29 heavy (non-hydrogen) atoms. The average molecular weight is 389 g/mol. The Morgan fingerprint density at radius 3 is 2.52 bits per heavy atom. The lowest BCUT2D eigenvalue weighted by atomic mass is 9.89. The molecular formula is C24H27N3O2. The Morgan fingerprint density at radius 1 is 0.966 bits per heavy atom. The number of benzene rings is 1. The molecule has 0 radical (unpaired) electrons. The van der Waals surface area contributed by atoms with Gasteiger partial charge < -0.3 is 14.5 Å². The number of ether oxygens (including phenoxy) is 1. The summed E-state index contributed by atoms with van der Waals surface area (Å²) < 4.78 is 6.46. The van der Waals surface area contributed by atoms with Crippen LogP contribution in [0.15, 0.2) is 48.7 Å². The van der Waals surface area contributed by atoms with E-state index < -0.39 is 5.60 Å². The molecule has 0 N–H and O–H groups in total. The van der Waals surface area contributed by atoms with E-state index in [1.165, 1.54) is 24.0 Å². The van der Waals surface area contributed by atoms with Crippen molar-refractivity contribution in [2.75, 3.05) is 18.0 Å². The molecule has 2 atom stereocenters. The number of rotatable bonds is 3. The molecule has 1 amide bonds. The first-order valence-corrected chi connectivity index (χ1v) is 11.0. The predicted molar refractivity (Wildman–Crippen MR) is 111 cm³/mol. The van der Waals surface area contributed by atoms with Crippen LogP contribution in [0, 0.1) is 0 Å². The highest BCUT2D eigenvalue weighted by molar-refractivity contribution is 5.88. The minimum atomic E-state index is -0.636. The van der Waals surface area contributed by atoms with E-state index in [2.05, 4.69) is 46.3 Å². The first-order chi connectivity index (χ1) is 14.2. The minimum Gasteiger partial charge on any atom is -0.356 e. The van der Waals surface area contributed by atoms with Gasteiger partial charge in [0.1, 0.15) is 12.0 Å². The summed E-state index contributed by atoms with van der Waals surface area (Å²) in [7, 11) is 0. The zero-order valence-corrected chi connectivity index (χ0v) is 16.7. The number of carbonyl (C=O) groups is 1. The van der Waals surface area contributed by atoms with Gasteiger partial charge in [-0.15, -0.1) is 0 Å². The summed E-state index contributed by atoms with van der Waals surface area (Å²) in [6.07, 6.45) is 7.89. The summed E-state index contributed by atoms with van der Waals surface area (Å²) in [6.45, 7) is 1.65. The molecule has 6 rings (SSSR count). The number of aromatic nitrogens is 1. The molecule has 4 heterocycles. The van der Waals surface area contributed by atoms with Gasteiger partial charge in [-0.1, -0.05) is 30.3 Å².